The first kappa shape index (κ1) is 9.01. The van der Waals surface area contributed by atoms with Crippen molar-refractivity contribution >= 4 is 26.3 Å². The van der Waals surface area contributed by atoms with Crippen LogP contribution in [0.15, 0.2) is 24.3 Å². The molecular formula is C8H10NO2P. The predicted molar refractivity (Wildman–Crippen MR) is 52.2 cm³/mol. The van der Waals surface area contributed by atoms with E-state index in [1.54, 1.807) is 12.1 Å². The van der Waals surface area contributed by atoms with Gasteiger partial charge in [0.05, 0.1) is 0 Å². The van der Waals surface area contributed by atoms with Gasteiger partial charge in [-0.25, -0.2) is 4.79 Å². The van der Waals surface area contributed by atoms with Gasteiger partial charge in [-0.15, -0.1) is 9.24 Å². The highest BCUT2D eigenvalue weighted by Crippen LogP contribution is 2.10. The average molecular weight is 183 g/mol. The predicted octanol–water partition coefficient (Wildman–Crippen LogP) is 1.30. The van der Waals surface area contributed by atoms with E-state index in [0.29, 0.717) is 5.69 Å². The molecule has 0 bridgehead atoms. The molecule has 1 rings (SSSR count). The zero-order chi connectivity index (χ0) is 9.14. The number of rotatable bonds is 1. The second kappa shape index (κ2) is 3.55. The van der Waals surface area contributed by atoms with E-state index < -0.39 is 6.09 Å². The highest BCUT2D eigenvalue weighted by atomic mass is 31.0. The van der Waals surface area contributed by atoms with Crippen LogP contribution in [-0.2, 0) is 0 Å². The van der Waals surface area contributed by atoms with E-state index in [-0.39, 0.29) is 0 Å². The normalized spacial score (nSPS) is 9.50. The minimum absolute atomic E-state index is 0.675. The molecule has 0 spiro atoms. The van der Waals surface area contributed by atoms with Gasteiger partial charge in [0.1, 0.15) is 0 Å². The first-order valence-electron chi connectivity index (χ1n) is 3.43. The number of nitrogens with zero attached hydrogens (tertiary/aromatic N) is 1. The van der Waals surface area contributed by atoms with Crippen molar-refractivity contribution in [1.29, 1.82) is 0 Å². The summed E-state index contributed by atoms with van der Waals surface area (Å²) in [5, 5.41) is 9.66. The molecule has 0 aromatic heterocycles. The van der Waals surface area contributed by atoms with Crippen molar-refractivity contribution in [3.05, 3.63) is 24.3 Å². The number of carboxylic acid groups (broad SMARTS) is 1. The van der Waals surface area contributed by atoms with Crippen LogP contribution in [0.2, 0.25) is 0 Å². The largest absolute Gasteiger partial charge is 0.465 e. The lowest BCUT2D eigenvalue weighted by atomic mass is 10.3. The summed E-state index contributed by atoms with van der Waals surface area (Å²) in [5.41, 5.74) is 0.675. The summed E-state index contributed by atoms with van der Waals surface area (Å²) in [6.07, 6.45) is -0.952. The summed E-state index contributed by atoms with van der Waals surface area (Å²) in [6, 6.07) is 7.21. The highest BCUT2D eigenvalue weighted by Gasteiger charge is 2.06. The molecule has 1 amide bonds. The molecule has 1 unspecified atom stereocenters. The Bertz CT molecular complexity index is 284. The van der Waals surface area contributed by atoms with Gasteiger partial charge < -0.3 is 5.11 Å². The van der Waals surface area contributed by atoms with Crippen LogP contribution in [0, 0.1) is 0 Å². The first-order chi connectivity index (χ1) is 5.61. The summed E-state index contributed by atoms with van der Waals surface area (Å²) in [7, 11) is 4.06. The zero-order valence-electron chi connectivity index (χ0n) is 6.69. The van der Waals surface area contributed by atoms with Crippen LogP contribution < -0.4 is 10.2 Å². The van der Waals surface area contributed by atoms with E-state index in [4.69, 9.17) is 5.11 Å². The van der Waals surface area contributed by atoms with Crippen LogP contribution in [0.5, 0.6) is 0 Å². The van der Waals surface area contributed by atoms with Crippen LogP contribution in [0.4, 0.5) is 10.5 Å². The fraction of sp³-hybridized carbons (Fsp3) is 0.125. The Morgan fingerprint density at radius 1 is 1.42 bits per heavy atom. The van der Waals surface area contributed by atoms with Gasteiger partial charge in [0.15, 0.2) is 0 Å². The molecule has 1 N–H and O–H groups in total. The second-order valence-electron chi connectivity index (χ2n) is 2.43. The standard InChI is InChI=1S/C8H10NO2P/c1-9(8(10)11)6-2-4-7(12)5-3-6/h2-5H,12H2,1H3,(H,10,11). The van der Waals surface area contributed by atoms with E-state index in [1.807, 2.05) is 12.1 Å². The third-order valence-electron chi connectivity index (χ3n) is 1.57. The van der Waals surface area contributed by atoms with Crippen LogP contribution in [0.25, 0.3) is 0 Å². The van der Waals surface area contributed by atoms with Crippen molar-refractivity contribution in [1.82, 2.24) is 0 Å². The van der Waals surface area contributed by atoms with E-state index in [9.17, 15) is 4.79 Å². The molecular weight excluding hydrogens is 173 g/mol. The van der Waals surface area contributed by atoms with Crippen molar-refractivity contribution in [2.24, 2.45) is 0 Å². The maximum atomic E-state index is 10.5. The van der Waals surface area contributed by atoms with E-state index in [2.05, 4.69) is 9.24 Å². The molecule has 0 saturated carbocycles. The summed E-state index contributed by atoms with van der Waals surface area (Å²) < 4.78 is 0. The minimum Gasteiger partial charge on any atom is -0.465 e. The van der Waals surface area contributed by atoms with Gasteiger partial charge in [0.2, 0.25) is 0 Å². The number of hydrogen-bond acceptors (Lipinski definition) is 1. The lowest BCUT2D eigenvalue weighted by Gasteiger charge is -2.12. The number of anilines is 1. The Hall–Kier alpha value is -1.08. The van der Waals surface area contributed by atoms with Crippen molar-refractivity contribution < 1.29 is 9.90 Å². The lowest BCUT2D eigenvalue weighted by Crippen LogP contribution is -2.23. The Morgan fingerprint density at radius 2 is 1.92 bits per heavy atom. The second-order valence-corrected chi connectivity index (χ2v) is 3.10. The molecule has 0 aliphatic rings. The summed E-state index contributed by atoms with van der Waals surface area (Å²) >= 11 is 0. The Morgan fingerprint density at radius 3 is 2.33 bits per heavy atom. The van der Waals surface area contributed by atoms with Crippen molar-refractivity contribution in [2.75, 3.05) is 11.9 Å². The molecule has 0 aliphatic carbocycles. The highest BCUT2D eigenvalue weighted by molar-refractivity contribution is 7.27. The monoisotopic (exact) mass is 183 g/mol. The SMILES string of the molecule is CN(C(=O)O)c1ccc(P)cc1. The van der Waals surface area contributed by atoms with Gasteiger partial charge in [-0.2, -0.15) is 0 Å². The molecule has 0 fully saturated rings. The molecule has 1 aromatic carbocycles. The van der Waals surface area contributed by atoms with Crippen molar-refractivity contribution in [3.63, 3.8) is 0 Å². The quantitative estimate of drug-likeness (QED) is 0.666. The van der Waals surface area contributed by atoms with Crippen LogP contribution >= 0.6 is 9.24 Å². The summed E-state index contributed by atoms with van der Waals surface area (Å²) in [4.78, 5) is 11.7. The van der Waals surface area contributed by atoms with E-state index in [1.165, 1.54) is 11.9 Å². The molecule has 0 saturated heterocycles. The van der Waals surface area contributed by atoms with Crippen molar-refractivity contribution in [2.45, 2.75) is 0 Å². The minimum atomic E-state index is -0.952. The molecule has 0 radical (unpaired) electrons. The molecule has 1 atom stereocenters. The van der Waals surface area contributed by atoms with Gasteiger partial charge in [-0.05, 0) is 17.4 Å². The molecule has 0 heterocycles. The van der Waals surface area contributed by atoms with Crippen LogP contribution in [0.3, 0.4) is 0 Å². The smallest absolute Gasteiger partial charge is 0.411 e. The Labute approximate surface area is 73.2 Å². The van der Waals surface area contributed by atoms with E-state index >= 15 is 0 Å². The maximum Gasteiger partial charge on any atom is 0.411 e. The number of hydrogen-bond donors (Lipinski definition) is 1. The number of benzene rings is 1. The fourth-order valence-corrected chi connectivity index (χ4v) is 1.00. The Balaban J connectivity index is 2.89. The topological polar surface area (TPSA) is 40.5 Å². The zero-order valence-corrected chi connectivity index (χ0v) is 7.84. The molecule has 3 nitrogen and oxygen atoms in total. The average Bonchev–Trinajstić information content (AvgIpc) is 2.04. The van der Waals surface area contributed by atoms with Gasteiger partial charge in [-0.1, -0.05) is 12.1 Å². The fourth-order valence-electron chi connectivity index (χ4n) is 0.808. The van der Waals surface area contributed by atoms with Crippen LogP contribution in [0.1, 0.15) is 0 Å². The molecule has 1 aromatic rings. The first-order valence-corrected chi connectivity index (χ1v) is 4.01. The van der Waals surface area contributed by atoms with Gasteiger partial charge in [-0.3, -0.25) is 4.90 Å². The maximum absolute atomic E-state index is 10.5. The number of amides is 1. The Kier molecular flexibility index (Phi) is 2.66. The third kappa shape index (κ3) is 1.95. The summed E-state index contributed by atoms with van der Waals surface area (Å²) in [5.74, 6) is 0. The molecule has 12 heavy (non-hydrogen) atoms. The van der Waals surface area contributed by atoms with Gasteiger partial charge in [0.25, 0.3) is 0 Å². The van der Waals surface area contributed by atoms with Gasteiger partial charge in [0, 0.05) is 12.7 Å². The summed E-state index contributed by atoms with van der Waals surface area (Å²) in [6.45, 7) is 0. The van der Waals surface area contributed by atoms with Crippen LogP contribution in [-0.4, -0.2) is 18.2 Å². The van der Waals surface area contributed by atoms with E-state index in [0.717, 1.165) is 5.30 Å². The molecule has 4 heteroatoms. The molecule has 0 aliphatic heterocycles. The number of carbonyl (C=O) groups is 1. The van der Waals surface area contributed by atoms with Crippen molar-refractivity contribution in [3.8, 4) is 0 Å². The third-order valence-corrected chi connectivity index (χ3v) is 1.95. The molecule has 64 valence electrons. The lowest BCUT2D eigenvalue weighted by molar-refractivity contribution is 0.203. The van der Waals surface area contributed by atoms with Gasteiger partial charge >= 0.3 is 6.09 Å².